The molecule has 0 spiro atoms. The van der Waals surface area contributed by atoms with Gasteiger partial charge in [-0.05, 0) is 41.5 Å². The van der Waals surface area contributed by atoms with Gasteiger partial charge in [-0.25, -0.2) is 4.57 Å². The smallest absolute Gasteiger partial charge is 0.469 e. The summed E-state index contributed by atoms with van der Waals surface area (Å²) in [5.74, 6) is -0.471. The molecular weight excluding hydrogens is 510 g/mol. The molecule has 0 aliphatic heterocycles. The van der Waals surface area contributed by atoms with Gasteiger partial charge in [-0.2, -0.15) is 7.82 Å². The second-order valence-electron chi connectivity index (χ2n) is 8.18. The van der Waals surface area contributed by atoms with Crippen molar-refractivity contribution in [3.63, 3.8) is 0 Å². The van der Waals surface area contributed by atoms with Crippen molar-refractivity contribution in [2.75, 3.05) is 6.61 Å². The minimum Gasteiger partial charge on any atom is -0.870 e. The van der Waals surface area contributed by atoms with Crippen LogP contribution >= 0.6 is 15.6 Å². The van der Waals surface area contributed by atoms with Crippen LogP contribution in [0.5, 0.6) is 0 Å². The summed E-state index contributed by atoms with van der Waals surface area (Å²) in [6.07, 6.45) is 0. The van der Waals surface area contributed by atoms with E-state index in [4.69, 9.17) is 29.0 Å². The fourth-order valence-corrected chi connectivity index (χ4v) is 2.27. The van der Waals surface area contributed by atoms with Crippen molar-refractivity contribution in [3.8, 4) is 0 Å². The molecule has 0 aromatic rings. The van der Waals surface area contributed by atoms with Crippen LogP contribution in [0.15, 0.2) is 12.3 Å². The number of nitrogens with one attached hydrogen (secondary N) is 4. The van der Waals surface area contributed by atoms with Crippen molar-refractivity contribution in [1.29, 1.82) is 0 Å². The molecule has 0 radical (unpaired) electrons. The average molecular weight is 550 g/mol. The number of hydrogen-bond acceptors (Lipinski definition) is 11. The molecule has 0 unspecified atom stereocenters. The molecule has 0 aromatic heterocycles. The Hall–Kier alpha value is -1.38. The summed E-state index contributed by atoms with van der Waals surface area (Å²) in [5, 5.41) is 11.2. The van der Waals surface area contributed by atoms with Gasteiger partial charge in [-0.15, -0.1) is 0 Å². The molecule has 17 heteroatoms. The standard InChI is InChI=1S/C9H21N2O5P.C9H18N2O.H3O4P.H2O/c1-6(2)10-8(5-16-17(13,14)15)9(12)11-7(3)4;1-6(2)10-8(5)9(12)11-7(3)4;1-5(2,3)4;/h6-8,10H,5H2,1-4H3,(H,11,12)(H2,13,14,15);6-7,10H,5H2,1-4H3,(H,11,12);(H3,1,2,3,4);1H2/p-4/t8-;;;/m0.../s1. The predicted octanol–water partition coefficient (Wildman–Crippen LogP) is -1.99. The van der Waals surface area contributed by atoms with E-state index in [0.717, 1.165) is 0 Å². The highest BCUT2D eigenvalue weighted by atomic mass is 31.2. The van der Waals surface area contributed by atoms with Gasteiger partial charge < -0.3 is 55.8 Å². The molecule has 0 rings (SSSR count). The van der Waals surface area contributed by atoms with Gasteiger partial charge in [-0.3, -0.25) is 14.1 Å². The van der Waals surface area contributed by atoms with E-state index in [0.29, 0.717) is 5.70 Å². The first kappa shape index (κ1) is 40.8. The van der Waals surface area contributed by atoms with E-state index in [1.165, 1.54) is 0 Å². The SMILES string of the molecule is C=C(NC(C)C)C(=O)NC(C)C.CC(C)NC(=O)[C@H](COP(=O)(O)O)NC(C)C.O=P([O-])([O-])[O-].[OH-]. The summed E-state index contributed by atoms with van der Waals surface area (Å²) in [5.41, 5.74) is 0.429. The fraction of sp³-hybridized carbons (Fsp3) is 0.778. The van der Waals surface area contributed by atoms with Gasteiger partial charge in [0.25, 0.3) is 5.91 Å². The van der Waals surface area contributed by atoms with Gasteiger partial charge in [0.05, 0.1) is 12.3 Å². The summed E-state index contributed by atoms with van der Waals surface area (Å²) < 4.78 is 23.5. The van der Waals surface area contributed by atoms with Crippen LogP contribution < -0.4 is 35.9 Å². The highest BCUT2D eigenvalue weighted by Gasteiger charge is 2.24. The fourth-order valence-electron chi connectivity index (χ4n) is 1.92. The lowest BCUT2D eigenvalue weighted by Crippen LogP contribution is -2.50. The zero-order valence-electron chi connectivity index (χ0n) is 21.3. The number of amides is 2. The number of rotatable bonds is 11. The Labute approximate surface area is 206 Å². The monoisotopic (exact) mass is 550 g/mol. The van der Waals surface area contributed by atoms with E-state index >= 15 is 0 Å². The Morgan fingerprint density at radius 2 is 1.20 bits per heavy atom. The Kier molecular flexibility index (Phi) is 23.0. The molecule has 2 amide bonds. The molecule has 0 saturated heterocycles. The zero-order chi connectivity index (χ0) is 27.9. The third-order valence-electron chi connectivity index (χ3n) is 2.85. The normalized spacial score (nSPS) is 12.0. The average Bonchev–Trinajstić information content (AvgIpc) is 2.54. The molecule has 0 aliphatic carbocycles. The third-order valence-corrected chi connectivity index (χ3v) is 3.33. The van der Waals surface area contributed by atoms with Crippen LogP contribution in [0.1, 0.15) is 55.4 Å². The van der Waals surface area contributed by atoms with Crippen LogP contribution in [-0.4, -0.2) is 63.9 Å². The lowest BCUT2D eigenvalue weighted by molar-refractivity contribution is -0.432. The van der Waals surface area contributed by atoms with Crippen LogP contribution in [0.2, 0.25) is 0 Å². The van der Waals surface area contributed by atoms with Gasteiger partial charge in [0.2, 0.25) is 5.91 Å². The molecule has 35 heavy (non-hydrogen) atoms. The summed E-state index contributed by atoms with van der Waals surface area (Å²) >= 11 is 0. The second-order valence-corrected chi connectivity index (χ2v) is 10.3. The van der Waals surface area contributed by atoms with E-state index in [1.54, 1.807) is 13.8 Å². The summed E-state index contributed by atoms with van der Waals surface area (Å²) in [6, 6.07) is -0.434. The van der Waals surface area contributed by atoms with E-state index in [1.807, 2.05) is 41.5 Å². The molecule has 1 atom stereocenters. The Bertz CT molecular complexity index is 678. The van der Waals surface area contributed by atoms with Gasteiger partial charge in [0.1, 0.15) is 6.04 Å². The molecule has 0 heterocycles. The number of phosphoric ester groups is 1. The maximum atomic E-state index is 11.7. The number of hydrogen-bond donors (Lipinski definition) is 6. The molecule has 212 valence electrons. The van der Waals surface area contributed by atoms with Crippen molar-refractivity contribution in [3.05, 3.63) is 12.3 Å². The number of phosphoric acid groups is 2. The van der Waals surface area contributed by atoms with Gasteiger partial charge in [0.15, 0.2) is 0 Å². The number of carbonyl (C=O) groups is 2. The van der Waals surface area contributed by atoms with E-state index in [2.05, 4.69) is 32.4 Å². The lowest BCUT2D eigenvalue weighted by Gasteiger charge is -2.36. The van der Waals surface area contributed by atoms with Crippen LogP contribution in [0, 0.1) is 0 Å². The highest BCUT2D eigenvalue weighted by Crippen LogP contribution is 2.35. The predicted molar refractivity (Wildman–Crippen MR) is 124 cm³/mol. The van der Waals surface area contributed by atoms with E-state index in [9.17, 15) is 14.2 Å². The minimum atomic E-state index is -5.39. The van der Waals surface area contributed by atoms with Crippen LogP contribution in [0.4, 0.5) is 0 Å². The molecule has 7 N–H and O–H groups in total. The Morgan fingerprint density at radius 1 is 0.829 bits per heavy atom. The zero-order valence-corrected chi connectivity index (χ0v) is 23.1. The van der Waals surface area contributed by atoms with Gasteiger partial charge in [0, 0.05) is 24.2 Å². The molecule has 0 aromatic carbocycles. The second kappa shape index (κ2) is 19.8. The molecule has 0 saturated carbocycles. The van der Waals surface area contributed by atoms with Crippen molar-refractivity contribution in [1.82, 2.24) is 21.3 Å². The Balaban J connectivity index is -0.000000233. The molecule has 0 fully saturated rings. The first-order chi connectivity index (χ1) is 15.0. The third kappa shape index (κ3) is 37.3. The van der Waals surface area contributed by atoms with Crippen LogP contribution in [-0.2, 0) is 23.2 Å². The molecular formula is C18H40N4O11P2-4. The maximum absolute atomic E-state index is 11.7. The largest absolute Gasteiger partial charge is 0.870 e. The van der Waals surface area contributed by atoms with E-state index < -0.39 is 21.7 Å². The lowest BCUT2D eigenvalue weighted by atomic mass is 10.2. The number of carbonyl (C=O) groups excluding carboxylic acids is 2. The van der Waals surface area contributed by atoms with Crippen molar-refractivity contribution >= 4 is 27.5 Å². The maximum Gasteiger partial charge on any atom is 0.469 e. The summed E-state index contributed by atoms with van der Waals surface area (Å²) in [7, 11) is -9.95. The van der Waals surface area contributed by atoms with E-state index in [-0.39, 0.29) is 48.1 Å². The molecule has 15 nitrogen and oxygen atoms in total. The van der Waals surface area contributed by atoms with Gasteiger partial charge >= 0.3 is 7.82 Å². The molecule has 0 aliphatic rings. The molecule has 0 bridgehead atoms. The van der Waals surface area contributed by atoms with Crippen molar-refractivity contribution in [2.24, 2.45) is 0 Å². The first-order valence-electron chi connectivity index (χ1n) is 10.3. The van der Waals surface area contributed by atoms with Gasteiger partial charge in [-0.1, -0.05) is 20.4 Å². The Morgan fingerprint density at radius 3 is 1.49 bits per heavy atom. The topological polar surface area (TPSA) is 265 Å². The van der Waals surface area contributed by atoms with Crippen LogP contribution in [0.25, 0.3) is 0 Å². The quantitative estimate of drug-likeness (QED) is 0.120. The highest BCUT2D eigenvalue weighted by molar-refractivity contribution is 7.46. The van der Waals surface area contributed by atoms with Crippen molar-refractivity contribution < 1.29 is 53.2 Å². The summed E-state index contributed by atoms with van der Waals surface area (Å²) in [6.45, 7) is 18.3. The summed E-state index contributed by atoms with van der Waals surface area (Å²) in [4.78, 5) is 65.7. The van der Waals surface area contributed by atoms with Crippen molar-refractivity contribution in [2.45, 2.75) is 85.6 Å². The van der Waals surface area contributed by atoms with Crippen LogP contribution in [0.3, 0.4) is 0 Å². The first-order valence-corrected chi connectivity index (χ1v) is 13.3. The minimum absolute atomic E-state index is 0.